The number of pyridine rings is 1. The number of nitrogens with one attached hydrogen (secondary N) is 2. The second kappa shape index (κ2) is 7.88. The van der Waals surface area contributed by atoms with Crippen molar-refractivity contribution in [3.8, 4) is 0 Å². The van der Waals surface area contributed by atoms with Gasteiger partial charge in [0, 0.05) is 30.9 Å². The number of hydrogen-bond donors (Lipinski definition) is 3. The highest BCUT2D eigenvalue weighted by atomic mass is 16.4. The Hall–Kier alpha value is -3.09. The smallest absolute Gasteiger partial charge is 0.404 e. The molecule has 3 atom stereocenters. The molecule has 2 aliphatic rings. The first-order chi connectivity index (χ1) is 13.6. The van der Waals surface area contributed by atoms with Crippen LogP contribution in [0.1, 0.15) is 41.6 Å². The Labute approximate surface area is 163 Å². The van der Waals surface area contributed by atoms with Crippen molar-refractivity contribution in [3.05, 3.63) is 59.8 Å². The van der Waals surface area contributed by atoms with Gasteiger partial charge in [0.15, 0.2) is 0 Å². The predicted molar refractivity (Wildman–Crippen MR) is 105 cm³/mol. The monoisotopic (exact) mass is 380 g/mol. The van der Waals surface area contributed by atoms with Gasteiger partial charge in [0.1, 0.15) is 5.82 Å². The van der Waals surface area contributed by atoms with Gasteiger partial charge in [0.25, 0.3) is 5.91 Å². The maximum absolute atomic E-state index is 12.4. The summed E-state index contributed by atoms with van der Waals surface area (Å²) in [6, 6.07) is 14.1. The van der Waals surface area contributed by atoms with Gasteiger partial charge in [0.05, 0.1) is 5.56 Å². The zero-order chi connectivity index (χ0) is 19.5. The molecule has 0 spiro atoms. The van der Waals surface area contributed by atoms with E-state index in [1.165, 1.54) is 0 Å². The van der Waals surface area contributed by atoms with E-state index in [-0.39, 0.29) is 11.9 Å². The summed E-state index contributed by atoms with van der Waals surface area (Å²) in [5.74, 6) is 0.719. The van der Waals surface area contributed by atoms with Gasteiger partial charge < -0.3 is 20.6 Å². The minimum atomic E-state index is -0.957. The maximum atomic E-state index is 12.4. The SMILES string of the molecule is O=C(O)N[C@H]1C[C@H]2CC[C@@H](C1)N2c1ccc(C(=O)NCc2ccccc2)cn1. The van der Waals surface area contributed by atoms with Gasteiger partial charge in [-0.25, -0.2) is 9.78 Å². The second-order valence-electron chi connectivity index (χ2n) is 7.48. The Balaban J connectivity index is 1.38. The van der Waals surface area contributed by atoms with Gasteiger partial charge in [-0.3, -0.25) is 4.79 Å². The Morgan fingerprint density at radius 2 is 1.79 bits per heavy atom. The van der Waals surface area contributed by atoms with Crippen LogP contribution < -0.4 is 15.5 Å². The number of fused-ring (bicyclic) bond motifs is 2. The predicted octanol–water partition coefficient (Wildman–Crippen LogP) is 2.78. The number of aromatic nitrogens is 1. The van der Waals surface area contributed by atoms with E-state index in [4.69, 9.17) is 5.11 Å². The van der Waals surface area contributed by atoms with Crippen molar-refractivity contribution >= 4 is 17.8 Å². The molecule has 0 saturated carbocycles. The maximum Gasteiger partial charge on any atom is 0.404 e. The van der Waals surface area contributed by atoms with Crippen LogP contribution in [0.5, 0.6) is 0 Å². The molecule has 1 aromatic heterocycles. The van der Waals surface area contributed by atoms with E-state index in [2.05, 4.69) is 20.5 Å². The number of amides is 2. The van der Waals surface area contributed by atoms with Crippen LogP contribution in [0.15, 0.2) is 48.7 Å². The molecule has 0 aliphatic carbocycles. The number of anilines is 1. The fourth-order valence-electron chi connectivity index (χ4n) is 4.40. The number of piperidine rings is 1. The highest BCUT2D eigenvalue weighted by Gasteiger charge is 2.41. The molecule has 7 nitrogen and oxygen atoms in total. The fraction of sp³-hybridized carbons (Fsp3) is 0.381. The van der Waals surface area contributed by atoms with E-state index >= 15 is 0 Å². The largest absolute Gasteiger partial charge is 0.465 e. The first-order valence-corrected chi connectivity index (χ1v) is 9.66. The average molecular weight is 380 g/mol. The lowest BCUT2D eigenvalue weighted by Gasteiger charge is -2.39. The average Bonchev–Trinajstić information content (AvgIpc) is 2.97. The van der Waals surface area contributed by atoms with E-state index in [9.17, 15) is 9.59 Å². The molecule has 0 radical (unpaired) electrons. The lowest BCUT2D eigenvalue weighted by Crippen LogP contribution is -2.50. The highest BCUT2D eigenvalue weighted by molar-refractivity contribution is 5.94. The molecule has 2 fully saturated rings. The topological polar surface area (TPSA) is 94.6 Å². The lowest BCUT2D eigenvalue weighted by molar-refractivity contribution is 0.0950. The molecule has 2 bridgehead atoms. The molecule has 4 rings (SSSR count). The van der Waals surface area contributed by atoms with Crippen molar-refractivity contribution in [1.29, 1.82) is 0 Å². The van der Waals surface area contributed by atoms with Gasteiger partial charge in [-0.2, -0.15) is 0 Å². The summed E-state index contributed by atoms with van der Waals surface area (Å²) in [6.07, 6.45) is 4.35. The third kappa shape index (κ3) is 3.93. The van der Waals surface area contributed by atoms with Gasteiger partial charge in [-0.1, -0.05) is 30.3 Å². The van der Waals surface area contributed by atoms with Gasteiger partial charge in [0.2, 0.25) is 0 Å². The van der Waals surface area contributed by atoms with Crippen molar-refractivity contribution in [2.24, 2.45) is 0 Å². The van der Waals surface area contributed by atoms with E-state index in [0.717, 1.165) is 37.1 Å². The minimum absolute atomic E-state index is 0.00860. The molecule has 0 unspecified atom stereocenters. The molecule has 2 amide bonds. The first kappa shape index (κ1) is 18.3. The van der Waals surface area contributed by atoms with Gasteiger partial charge in [-0.05, 0) is 43.4 Å². The van der Waals surface area contributed by atoms with Crippen LogP contribution in [-0.4, -0.2) is 40.2 Å². The molecular weight excluding hydrogens is 356 g/mol. The molecule has 7 heteroatoms. The Kier molecular flexibility index (Phi) is 5.14. The van der Waals surface area contributed by atoms with E-state index < -0.39 is 6.09 Å². The van der Waals surface area contributed by atoms with Crippen LogP contribution in [0.3, 0.4) is 0 Å². The van der Waals surface area contributed by atoms with Crippen molar-refractivity contribution < 1.29 is 14.7 Å². The molecule has 3 heterocycles. The molecule has 3 N–H and O–H groups in total. The van der Waals surface area contributed by atoms with Gasteiger partial charge >= 0.3 is 6.09 Å². The van der Waals surface area contributed by atoms with Gasteiger partial charge in [-0.15, -0.1) is 0 Å². The summed E-state index contributed by atoms with van der Waals surface area (Å²) in [4.78, 5) is 30.1. The standard InChI is InChI=1S/C21H24N4O3/c26-20(23-12-14-4-2-1-3-5-14)15-6-9-19(22-13-15)25-17-7-8-18(25)11-16(10-17)24-21(27)28/h1-6,9,13,16-18,24H,7-8,10-12H2,(H,23,26)(H,27,28)/t16-,17+,18-. The van der Waals surface area contributed by atoms with Crippen molar-refractivity contribution in [2.75, 3.05) is 4.90 Å². The first-order valence-electron chi connectivity index (χ1n) is 9.66. The number of hydrogen-bond acceptors (Lipinski definition) is 4. The number of carbonyl (C=O) groups excluding carboxylic acids is 1. The van der Waals surface area contributed by atoms with Crippen molar-refractivity contribution in [1.82, 2.24) is 15.6 Å². The molecular formula is C21H24N4O3. The summed E-state index contributed by atoms with van der Waals surface area (Å²) >= 11 is 0. The van der Waals surface area contributed by atoms with Crippen LogP contribution in [0.4, 0.5) is 10.6 Å². The van der Waals surface area contributed by atoms with Crippen LogP contribution >= 0.6 is 0 Å². The van der Waals surface area contributed by atoms with E-state index in [1.54, 1.807) is 6.20 Å². The number of nitrogens with zero attached hydrogens (tertiary/aromatic N) is 2. The lowest BCUT2D eigenvalue weighted by atomic mass is 9.97. The zero-order valence-corrected chi connectivity index (χ0v) is 15.5. The number of carboxylic acid groups (broad SMARTS) is 1. The zero-order valence-electron chi connectivity index (χ0n) is 15.5. The van der Waals surface area contributed by atoms with Crippen LogP contribution in [0.25, 0.3) is 0 Å². The summed E-state index contributed by atoms with van der Waals surface area (Å²) in [5.41, 5.74) is 1.59. The molecule has 2 saturated heterocycles. The van der Waals surface area contributed by atoms with E-state index in [1.807, 2.05) is 42.5 Å². The van der Waals surface area contributed by atoms with Crippen LogP contribution in [-0.2, 0) is 6.54 Å². The number of carbonyl (C=O) groups is 2. The Bertz CT molecular complexity index is 826. The van der Waals surface area contributed by atoms with Crippen LogP contribution in [0, 0.1) is 0 Å². The molecule has 2 aromatic rings. The van der Waals surface area contributed by atoms with Crippen molar-refractivity contribution in [2.45, 2.75) is 50.4 Å². The summed E-state index contributed by atoms with van der Waals surface area (Å²) in [6.45, 7) is 0.482. The third-order valence-electron chi connectivity index (χ3n) is 5.63. The second-order valence-corrected chi connectivity index (χ2v) is 7.48. The molecule has 1 aromatic carbocycles. The number of rotatable bonds is 5. The highest BCUT2D eigenvalue weighted by Crippen LogP contribution is 2.38. The molecule has 2 aliphatic heterocycles. The molecule has 146 valence electrons. The Morgan fingerprint density at radius 3 is 2.39 bits per heavy atom. The summed E-state index contributed by atoms with van der Waals surface area (Å²) in [7, 11) is 0. The van der Waals surface area contributed by atoms with Crippen LogP contribution in [0.2, 0.25) is 0 Å². The third-order valence-corrected chi connectivity index (χ3v) is 5.63. The Morgan fingerprint density at radius 1 is 1.07 bits per heavy atom. The fourth-order valence-corrected chi connectivity index (χ4v) is 4.40. The van der Waals surface area contributed by atoms with E-state index in [0.29, 0.717) is 24.2 Å². The normalized spacial score (nSPS) is 23.3. The number of benzene rings is 1. The molecule has 28 heavy (non-hydrogen) atoms. The minimum Gasteiger partial charge on any atom is -0.465 e. The summed E-state index contributed by atoms with van der Waals surface area (Å²) in [5, 5.41) is 14.5. The van der Waals surface area contributed by atoms with Crippen molar-refractivity contribution in [3.63, 3.8) is 0 Å². The summed E-state index contributed by atoms with van der Waals surface area (Å²) < 4.78 is 0. The quantitative estimate of drug-likeness (QED) is 0.741.